The van der Waals surface area contributed by atoms with E-state index in [9.17, 15) is 14.0 Å². The molecule has 0 spiro atoms. The van der Waals surface area contributed by atoms with E-state index in [1.54, 1.807) is 32.3 Å². The van der Waals surface area contributed by atoms with Gasteiger partial charge in [0, 0.05) is 19.8 Å². The highest BCUT2D eigenvalue weighted by Crippen LogP contribution is 2.25. The molecule has 2 aromatic carbocycles. The van der Waals surface area contributed by atoms with Crippen molar-refractivity contribution in [3.05, 3.63) is 62.2 Å². The van der Waals surface area contributed by atoms with Crippen LogP contribution in [-0.4, -0.2) is 15.0 Å². The van der Waals surface area contributed by atoms with Gasteiger partial charge >= 0.3 is 5.69 Å². The predicted octanol–water partition coefficient (Wildman–Crippen LogP) is 3.58. The summed E-state index contributed by atoms with van der Waals surface area (Å²) in [5, 5.41) is 2.53. The maximum Gasteiger partial charge on any atom is 0.328 e. The lowest BCUT2D eigenvalue weighted by atomic mass is 10.2. The van der Waals surface area contributed by atoms with Crippen molar-refractivity contribution >= 4 is 45.8 Å². The second kappa shape index (κ2) is 5.96. The smallest absolute Gasteiger partial charge is 0.322 e. The van der Waals surface area contributed by atoms with Gasteiger partial charge in [-0.25, -0.2) is 9.18 Å². The SMILES string of the molecule is Cn1c(=O)n(C)c2cc(NC(=O)c3cc(F)c(Cl)cc3Cl)ccc21. The summed E-state index contributed by atoms with van der Waals surface area (Å²) in [6, 6.07) is 7.19. The molecule has 5 nitrogen and oxygen atoms in total. The van der Waals surface area contributed by atoms with Crippen LogP contribution < -0.4 is 11.0 Å². The number of hydrogen-bond acceptors (Lipinski definition) is 2. The largest absolute Gasteiger partial charge is 0.328 e. The molecular weight excluding hydrogens is 356 g/mol. The molecule has 3 rings (SSSR count). The molecular formula is C16H12Cl2FN3O2. The third-order valence-corrected chi connectivity index (χ3v) is 4.39. The van der Waals surface area contributed by atoms with Gasteiger partial charge in [-0.2, -0.15) is 0 Å². The van der Waals surface area contributed by atoms with E-state index in [1.165, 1.54) is 15.2 Å². The molecule has 0 saturated heterocycles. The van der Waals surface area contributed by atoms with E-state index in [0.29, 0.717) is 11.2 Å². The highest BCUT2D eigenvalue weighted by atomic mass is 35.5. The zero-order chi connectivity index (χ0) is 17.6. The first-order valence-electron chi connectivity index (χ1n) is 6.91. The molecule has 1 N–H and O–H groups in total. The Bertz CT molecular complexity index is 1040. The number of imidazole rings is 1. The number of carbonyl (C=O) groups is 1. The first-order valence-corrected chi connectivity index (χ1v) is 7.66. The quantitative estimate of drug-likeness (QED) is 0.703. The van der Waals surface area contributed by atoms with E-state index >= 15 is 0 Å². The molecule has 0 radical (unpaired) electrons. The molecule has 0 unspecified atom stereocenters. The van der Waals surface area contributed by atoms with Gasteiger partial charge in [0.05, 0.1) is 26.6 Å². The van der Waals surface area contributed by atoms with Crippen LogP contribution in [0.5, 0.6) is 0 Å². The van der Waals surface area contributed by atoms with Gasteiger partial charge in [-0.1, -0.05) is 23.2 Å². The molecule has 0 atom stereocenters. The number of aryl methyl sites for hydroxylation is 2. The average molecular weight is 368 g/mol. The molecule has 3 aromatic rings. The Morgan fingerprint density at radius 2 is 1.71 bits per heavy atom. The number of carbonyl (C=O) groups excluding carboxylic acids is 1. The number of anilines is 1. The Morgan fingerprint density at radius 3 is 2.42 bits per heavy atom. The summed E-state index contributed by atoms with van der Waals surface area (Å²) in [5.41, 5.74) is 1.65. The summed E-state index contributed by atoms with van der Waals surface area (Å²) in [7, 11) is 3.31. The molecule has 0 bridgehead atoms. The van der Waals surface area contributed by atoms with E-state index < -0.39 is 11.7 Å². The summed E-state index contributed by atoms with van der Waals surface area (Å²) >= 11 is 11.6. The Kier molecular flexibility index (Phi) is 4.11. The van der Waals surface area contributed by atoms with Crippen LogP contribution in [0.2, 0.25) is 10.0 Å². The van der Waals surface area contributed by atoms with Crippen molar-refractivity contribution in [3.63, 3.8) is 0 Å². The number of halogens is 3. The molecule has 1 heterocycles. The molecule has 124 valence electrons. The van der Waals surface area contributed by atoms with Gasteiger partial charge in [-0.05, 0) is 30.3 Å². The van der Waals surface area contributed by atoms with Gasteiger partial charge in [0.2, 0.25) is 0 Å². The van der Waals surface area contributed by atoms with E-state index in [0.717, 1.165) is 11.6 Å². The molecule has 8 heteroatoms. The molecule has 0 aliphatic rings. The zero-order valence-electron chi connectivity index (χ0n) is 12.7. The Balaban J connectivity index is 1.98. The van der Waals surface area contributed by atoms with Crippen LogP contribution in [0.15, 0.2) is 35.1 Å². The van der Waals surface area contributed by atoms with E-state index in [2.05, 4.69) is 5.32 Å². The zero-order valence-corrected chi connectivity index (χ0v) is 14.2. The number of benzene rings is 2. The number of nitrogens with zero attached hydrogens (tertiary/aromatic N) is 2. The van der Waals surface area contributed by atoms with Gasteiger partial charge in [-0.15, -0.1) is 0 Å². The van der Waals surface area contributed by atoms with Gasteiger partial charge in [0.25, 0.3) is 5.91 Å². The van der Waals surface area contributed by atoms with Crippen molar-refractivity contribution in [2.75, 3.05) is 5.32 Å². The average Bonchev–Trinajstić information content (AvgIpc) is 2.75. The van der Waals surface area contributed by atoms with E-state index in [4.69, 9.17) is 23.2 Å². The van der Waals surface area contributed by atoms with Crippen molar-refractivity contribution in [2.45, 2.75) is 0 Å². The maximum atomic E-state index is 13.6. The van der Waals surface area contributed by atoms with Crippen LogP contribution >= 0.6 is 23.2 Å². The molecule has 24 heavy (non-hydrogen) atoms. The third-order valence-electron chi connectivity index (χ3n) is 3.78. The molecule has 0 saturated carbocycles. The van der Waals surface area contributed by atoms with Crippen molar-refractivity contribution in [1.29, 1.82) is 0 Å². The Morgan fingerprint density at radius 1 is 1.04 bits per heavy atom. The third kappa shape index (κ3) is 2.68. The molecule has 0 aliphatic heterocycles. The van der Waals surface area contributed by atoms with Crippen LogP contribution in [0.1, 0.15) is 10.4 Å². The summed E-state index contributed by atoms with van der Waals surface area (Å²) in [6.07, 6.45) is 0. The minimum atomic E-state index is -0.730. The van der Waals surface area contributed by atoms with E-state index in [1.807, 2.05) is 0 Å². The van der Waals surface area contributed by atoms with Crippen LogP contribution in [-0.2, 0) is 14.1 Å². The minimum absolute atomic E-state index is 0.0272. The van der Waals surface area contributed by atoms with Gasteiger partial charge in [0.1, 0.15) is 5.82 Å². The highest BCUT2D eigenvalue weighted by Gasteiger charge is 2.15. The van der Waals surface area contributed by atoms with Gasteiger partial charge in [0.15, 0.2) is 0 Å². The first kappa shape index (κ1) is 16.5. The summed E-state index contributed by atoms with van der Waals surface area (Å²) in [4.78, 5) is 24.2. The van der Waals surface area contributed by atoms with Crippen molar-refractivity contribution in [1.82, 2.24) is 9.13 Å². The van der Waals surface area contributed by atoms with Gasteiger partial charge < -0.3 is 5.32 Å². The normalized spacial score (nSPS) is 11.0. The number of nitrogens with one attached hydrogen (secondary N) is 1. The van der Waals surface area contributed by atoms with Crippen LogP contribution in [0.25, 0.3) is 11.0 Å². The fourth-order valence-electron chi connectivity index (χ4n) is 2.48. The maximum absolute atomic E-state index is 13.6. The molecule has 0 fully saturated rings. The fourth-order valence-corrected chi connectivity index (χ4v) is 2.95. The number of fused-ring (bicyclic) bond motifs is 1. The second-order valence-corrected chi connectivity index (χ2v) is 6.12. The summed E-state index contributed by atoms with van der Waals surface area (Å²) in [6.45, 7) is 0. The van der Waals surface area contributed by atoms with Crippen molar-refractivity contribution in [2.24, 2.45) is 14.1 Å². The summed E-state index contributed by atoms with van der Waals surface area (Å²) < 4.78 is 16.5. The Hall–Kier alpha value is -2.31. The number of amides is 1. The Labute approximate surface area is 146 Å². The van der Waals surface area contributed by atoms with Crippen LogP contribution in [0.3, 0.4) is 0 Å². The lowest BCUT2D eigenvalue weighted by molar-refractivity contribution is 0.102. The van der Waals surface area contributed by atoms with E-state index in [-0.39, 0.29) is 21.3 Å². The predicted molar refractivity (Wildman–Crippen MR) is 92.5 cm³/mol. The molecule has 1 amide bonds. The standard InChI is InChI=1S/C16H12Cl2FN3O2/c1-21-13-4-3-8(5-14(13)22(2)16(21)24)20-15(23)9-6-12(19)11(18)7-10(9)17/h3-7H,1-2H3,(H,20,23). The number of rotatable bonds is 2. The lowest BCUT2D eigenvalue weighted by Gasteiger charge is -2.08. The fraction of sp³-hybridized carbons (Fsp3) is 0.125. The number of hydrogen-bond donors (Lipinski definition) is 1. The summed E-state index contributed by atoms with van der Waals surface area (Å²) in [5.74, 6) is -1.30. The molecule has 1 aromatic heterocycles. The number of aromatic nitrogens is 2. The van der Waals surface area contributed by atoms with Crippen LogP contribution in [0, 0.1) is 5.82 Å². The van der Waals surface area contributed by atoms with Crippen molar-refractivity contribution < 1.29 is 9.18 Å². The highest BCUT2D eigenvalue weighted by molar-refractivity contribution is 6.37. The topological polar surface area (TPSA) is 56.0 Å². The van der Waals surface area contributed by atoms with Crippen LogP contribution in [0.4, 0.5) is 10.1 Å². The first-order chi connectivity index (χ1) is 11.3. The van der Waals surface area contributed by atoms with Crippen molar-refractivity contribution in [3.8, 4) is 0 Å². The van der Waals surface area contributed by atoms with Gasteiger partial charge in [-0.3, -0.25) is 13.9 Å². The minimum Gasteiger partial charge on any atom is -0.322 e. The second-order valence-electron chi connectivity index (χ2n) is 5.30. The monoisotopic (exact) mass is 367 g/mol. The lowest BCUT2D eigenvalue weighted by Crippen LogP contribution is -2.19. The molecule has 0 aliphatic carbocycles.